The molecule has 2 heterocycles. The van der Waals surface area contributed by atoms with E-state index < -0.39 is 0 Å². The molecule has 0 radical (unpaired) electrons. The van der Waals surface area contributed by atoms with Gasteiger partial charge in [-0.1, -0.05) is 24.3 Å². The molecule has 4 heteroatoms. The topological polar surface area (TPSA) is 54.2 Å². The maximum absolute atomic E-state index is 6.15. The molecule has 1 aliphatic rings. The van der Waals surface area contributed by atoms with Crippen LogP contribution in [0.2, 0.25) is 0 Å². The lowest BCUT2D eigenvalue weighted by atomic mass is 9.86. The average molecular weight is 362 g/mol. The number of aromatic amines is 1. The van der Waals surface area contributed by atoms with E-state index in [2.05, 4.69) is 53.5 Å². The molecule has 1 aliphatic carbocycles. The van der Waals surface area contributed by atoms with E-state index in [9.17, 15) is 0 Å². The lowest BCUT2D eigenvalue weighted by Gasteiger charge is -2.19. The Morgan fingerprint density at radius 2 is 2.27 bits per heavy atom. The minimum Gasteiger partial charge on any atom is -0.383 e. The molecule has 0 saturated carbocycles. The zero-order valence-electron chi connectivity index (χ0n) is 14.9. The fourth-order valence-electron chi connectivity index (χ4n) is 3.61. The average Bonchev–Trinajstić information content (AvgIpc) is 3.32. The van der Waals surface area contributed by atoms with Crippen LogP contribution in [0.4, 0.5) is 5.69 Å². The van der Waals surface area contributed by atoms with Gasteiger partial charge in [-0.05, 0) is 67.3 Å². The minimum absolute atomic E-state index is 0.572. The number of rotatable bonds is 4. The molecule has 0 spiro atoms. The third-order valence-corrected chi connectivity index (χ3v) is 5.84. The summed E-state index contributed by atoms with van der Waals surface area (Å²) in [6.07, 6.45) is 12.5. The molecular weight excluding hydrogens is 338 g/mol. The van der Waals surface area contributed by atoms with Crippen LogP contribution in [0.15, 0.2) is 65.1 Å². The number of hydrogen-bond acceptors (Lipinski definition) is 2. The van der Waals surface area contributed by atoms with Gasteiger partial charge in [0.05, 0.1) is 10.6 Å². The van der Waals surface area contributed by atoms with Crippen molar-refractivity contribution in [1.29, 1.82) is 0 Å². The van der Waals surface area contributed by atoms with Crippen LogP contribution in [0.5, 0.6) is 0 Å². The van der Waals surface area contributed by atoms with Gasteiger partial charge in [0.25, 0.3) is 0 Å². The Kier molecular flexibility index (Phi) is 4.76. The van der Waals surface area contributed by atoms with E-state index in [1.54, 1.807) is 11.3 Å². The molecule has 3 aromatic rings. The summed E-state index contributed by atoms with van der Waals surface area (Å²) in [5.41, 5.74) is 10.9. The first-order valence-corrected chi connectivity index (χ1v) is 9.94. The molecule has 0 aliphatic heterocycles. The Balaban J connectivity index is 1.66. The number of nitrogens with zero attached hydrogens (tertiary/aromatic N) is 1. The second-order valence-electron chi connectivity index (χ2n) is 6.70. The van der Waals surface area contributed by atoms with Crippen LogP contribution in [-0.4, -0.2) is 10.8 Å². The zero-order valence-corrected chi connectivity index (χ0v) is 15.7. The SMILES string of the molecule is C/C=C\C1CC=C(c2c[nH]c3ccc(N=C(N)c4cccs4)cc23)CC1. The van der Waals surface area contributed by atoms with Crippen LogP contribution >= 0.6 is 11.3 Å². The van der Waals surface area contributed by atoms with Gasteiger partial charge in [-0.15, -0.1) is 11.3 Å². The normalized spacial score (nSPS) is 18.6. The van der Waals surface area contributed by atoms with Gasteiger partial charge >= 0.3 is 0 Å². The van der Waals surface area contributed by atoms with Crippen LogP contribution < -0.4 is 5.73 Å². The number of thiophene rings is 1. The van der Waals surface area contributed by atoms with E-state index in [4.69, 9.17) is 5.73 Å². The number of aliphatic imine (C=N–C) groups is 1. The Labute approximate surface area is 158 Å². The lowest BCUT2D eigenvalue weighted by Crippen LogP contribution is -2.10. The summed E-state index contributed by atoms with van der Waals surface area (Å²) in [6, 6.07) is 10.2. The van der Waals surface area contributed by atoms with Crippen LogP contribution in [0, 0.1) is 5.92 Å². The van der Waals surface area contributed by atoms with E-state index in [0.29, 0.717) is 11.8 Å². The van der Waals surface area contributed by atoms with Crippen molar-refractivity contribution in [3.63, 3.8) is 0 Å². The number of amidine groups is 1. The molecule has 1 unspecified atom stereocenters. The van der Waals surface area contributed by atoms with Crippen molar-refractivity contribution >= 4 is 39.3 Å². The van der Waals surface area contributed by atoms with Crippen LogP contribution in [0.1, 0.15) is 36.6 Å². The van der Waals surface area contributed by atoms with Gasteiger partial charge in [0.2, 0.25) is 0 Å². The molecule has 0 fully saturated rings. The molecule has 0 bridgehead atoms. The summed E-state index contributed by atoms with van der Waals surface area (Å²) in [5.74, 6) is 1.25. The van der Waals surface area contributed by atoms with Gasteiger partial charge in [0.1, 0.15) is 5.84 Å². The fourth-order valence-corrected chi connectivity index (χ4v) is 4.24. The van der Waals surface area contributed by atoms with E-state index in [-0.39, 0.29) is 0 Å². The highest BCUT2D eigenvalue weighted by atomic mass is 32.1. The molecule has 132 valence electrons. The molecule has 4 rings (SSSR count). The zero-order chi connectivity index (χ0) is 17.9. The van der Waals surface area contributed by atoms with Crippen molar-refractivity contribution in [2.24, 2.45) is 16.6 Å². The van der Waals surface area contributed by atoms with Crippen LogP contribution in [0.3, 0.4) is 0 Å². The van der Waals surface area contributed by atoms with Crippen molar-refractivity contribution in [3.05, 3.63) is 70.6 Å². The predicted octanol–water partition coefficient (Wildman–Crippen LogP) is 6.03. The third-order valence-electron chi connectivity index (χ3n) is 4.95. The summed E-state index contributed by atoms with van der Waals surface area (Å²) < 4.78 is 0. The molecule has 3 nitrogen and oxygen atoms in total. The van der Waals surface area contributed by atoms with Gasteiger partial charge < -0.3 is 10.7 Å². The van der Waals surface area contributed by atoms with Gasteiger partial charge in [-0.3, -0.25) is 0 Å². The summed E-state index contributed by atoms with van der Waals surface area (Å²) in [6.45, 7) is 2.10. The summed E-state index contributed by atoms with van der Waals surface area (Å²) in [4.78, 5) is 9.02. The Bertz CT molecular complexity index is 990. The Morgan fingerprint density at radius 1 is 1.35 bits per heavy atom. The molecular formula is C22H23N3S. The monoisotopic (exact) mass is 361 g/mol. The first kappa shape index (κ1) is 16.9. The van der Waals surface area contributed by atoms with E-state index in [0.717, 1.165) is 28.9 Å². The van der Waals surface area contributed by atoms with E-state index in [1.165, 1.54) is 22.9 Å². The molecule has 26 heavy (non-hydrogen) atoms. The minimum atomic E-state index is 0.572. The summed E-state index contributed by atoms with van der Waals surface area (Å²) >= 11 is 1.61. The molecule has 1 aromatic carbocycles. The first-order chi connectivity index (χ1) is 12.7. The lowest BCUT2D eigenvalue weighted by molar-refractivity contribution is 0.591. The summed E-state index contributed by atoms with van der Waals surface area (Å²) in [7, 11) is 0. The number of allylic oxidation sites excluding steroid dienone is 4. The highest BCUT2D eigenvalue weighted by Gasteiger charge is 2.16. The van der Waals surface area contributed by atoms with Crippen molar-refractivity contribution in [1.82, 2.24) is 4.98 Å². The number of benzene rings is 1. The van der Waals surface area contributed by atoms with Crippen molar-refractivity contribution in [2.75, 3.05) is 0 Å². The quantitative estimate of drug-likeness (QED) is 0.333. The van der Waals surface area contributed by atoms with E-state index in [1.807, 2.05) is 23.6 Å². The maximum Gasteiger partial charge on any atom is 0.141 e. The predicted molar refractivity (Wildman–Crippen MR) is 113 cm³/mol. The van der Waals surface area contributed by atoms with Crippen molar-refractivity contribution < 1.29 is 0 Å². The molecule has 3 N–H and O–H groups in total. The fraction of sp³-hybridized carbons (Fsp3) is 0.227. The standard InChI is InChI=1S/C22H23N3S/c1-2-4-15-6-8-16(9-7-15)19-14-24-20-11-10-17(13-18(19)20)25-22(23)21-5-3-12-26-21/h2-5,8,10-15,24H,6-7,9H2,1H3,(H2,23,25)/b4-2-. The number of aromatic nitrogens is 1. The number of nitrogens with one attached hydrogen (secondary N) is 1. The van der Waals surface area contributed by atoms with Gasteiger partial charge in [-0.25, -0.2) is 4.99 Å². The van der Waals surface area contributed by atoms with Crippen molar-refractivity contribution in [3.8, 4) is 0 Å². The smallest absolute Gasteiger partial charge is 0.141 e. The number of hydrogen-bond donors (Lipinski definition) is 2. The Hall–Kier alpha value is -2.59. The second kappa shape index (κ2) is 7.34. The molecule has 0 amide bonds. The maximum atomic E-state index is 6.15. The number of H-pyrrole nitrogens is 1. The van der Waals surface area contributed by atoms with Crippen LogP contribution in [0.25, 0.3) is 16.5 Å². The largest absolute Gasteiger partial charge is 0.383 e. The molecule has 0 saturated heterocycles. The van der Waals surface area contributed by atoms with Crippen molar-refractivity contribution in [2.45, 2.75) is 26.2 Å². The number of nitrogens with two attached hydrogens (primary N) is 1. The third kappa shape index (κ3) is 3.37. The Morgan fingerprint density at radius 3 is 3.00 bits per heavy atom. The first-order valence-electron chi connectivity index (χ1n) is 9.06. The van der Waals surface area contributed by atoms with E-state index >= 15 is 0 Å². The summed E-state index contributed by atoms with van der Waals surface area (Å²) in [5, 5.41) is 3.24. The van der Waals surface area contributed by atoms with Gasteiger partial charge in [-0.2, -0.15) is 0 Å². The molecule has 1 atom stereocenters. The number of fused-ring (bicyclic) bond motifs is 1. The highest BCUT2D eigenvalue weighted by molar-refractivity contribution is 7.12. The second-order valence-corrected chi connectivity index (χ2v) is 7.64. The molecule has 2 aromatic heterocycles. The van der Waals surface area contributed by atoms with Crippen LogP contribution in [-0.2, 0) is 0 Å². The highest BCUT2D eigenvalue weighted by Crippen LogP contribution is 2.35. The van der Waals surface area contributed by atoms with Gasteiger partial charge in [0, 0.05) is 22.7 Å². The van der Waals surface area contributed by atoms with Gasteiger partial charge in [0.15, 0.2) is 0 Å².